The van der Waals surface area contributed by atoms with Crippen molar-refractivity contribution in [3.63, 3.8) is 0 Å². The Morgan fingerprint density at radius 1 is 1.26 bits per heavy atom. The Bertz CT molecular complexity index is 361. The second kappa shape index (κ2) is 7.49. The minimum absolute atomic E-state index is 0.760. The quantitative estimate of drug-likeness (QED) is 0.876. The summed E-state index contributed by atoms with van der Waals surface area (Å²) >= 11 is 0. The van der Waals surface area contributed by atoms with E-state index in [1.807, 2.05) is 6.20 Å². The molecule has 0 spiro atoms. The Morgan fingerprint density at radius 3 is 2.84 bits per heavy atom. The molecule has 19 heavy (non-hydrogen) atoms. The summed E-state index contributed by atoms with van der Waals surface area (Å²) in [6.45, 7) is 7.63. The van der Waals surface area contributed by atoms with Gasteiger partial charge in [-0.2, -0.15) is 0 Å². The number of pyridine rings is 1. The van der Waals surface area contributed by atoms with Gasteiger partial charge in [-0.15, -0.1) is 0 Å². The summed E-state index contributed by atoms with van der Waals surface area (Å²) < 4.78 is 0. The number of nitrogens with one attached hydrogen (secondary N) is 1. The Labute approximate surface area is 117 Å². The van der Waals surface area contributed by atoms with Gasteiger partial charge in [0.2, 0.25) is 0 Å². The van der Waals surface area contributed by atoms with Crippen molar-refractivity contribution in [2.24, 2.45) is 0 Å². The smallest absolute Gasteiger partial charge is 0.125 e. The zero-order valence-corrected chi connectivity index (χ0v) is 12.4. The van der Waals surface area contributed by atoms with Gasteiger partial charge < -0.3 is 5.32 Å². The molecule has 1 aromatic rings. The summed E-state index contributed by atoms with van der Waals surface area (Å²) in [6, 6.07) is 5.07. The average molecular weight is 261 g/mol. The molecule has 2 heterocycles. The van der Waals surface area contributed by atoms with Gasteiger partial charge in [-0.05, 0) is 44.4 Å². The molecule has 1 unspecified atom stereocenters. The molecule has 0 aromatic carbocycles. The summed E-state index contributed by atoms with van der Waals surface area (Å²) in [6.07, 6.45) is 8.79. The van der Waals surface area contributed by atoms with Gasteiger partial charge in [0.05, 0.1) is 0 Å². The molecular formula is C16H27N3. The third kappa shape index (κ3) is 4.20. The second-order valence-electron chi connectivity index (χ2n) is 5.46. The molecule has 1 fully saturated rings. The molecule has 0 saturated carbocycles. The molecule has 0 aliphatic carbocycles. The maximum absolute atomic E-state index is 4.47. The minimum atomic E-state index is 0.760. The normalized spacial score (nSPS) is 21.1. The average Bonchev–Trinajstić information content (AvgIpc) is 2.66. The standard InChI is InChI=1S/C16H27N3/c1-3-15-8-6-5-7-11-19(15)13-14-9-10-16(17-4-2)18-12-14/h9-10,12,15H,3-8,11,13H2,1-2H3,(H,17,18). The monoisotopic (exact) mass is 261 g/mol. The number of likely N-dealkylation sites (tertiary alicyclic amines) is 1. The minimum Gasteiger partial charge on any atom is -0.370 e. The zero-order valence-electron chi connectivity index (χ0n) is 12.4. The Kier molecular flexibility index (Phi) is 5.64. The van der Waals surface area contributed by atoms with Gasteiger partial charge in [-0.25, -0.2) is 4.98 Å². The number of hydrogen-bond acceptors (Lipinski definition) is 3. The van der Waals surface area contributed by atoms with Gasteiger partial charge in [0, 0.05) is 25.3 Å². The van der Waals surface area contributed by atoms with Crippen molar-refractivity contribution in [2.45, 2.75) is 58.5 Å². The van der Waals surface area contributed by atoms with Crippen LogP contribution in [0.2, 0.25) is 0 Å². The van der Waals surface area contributed by atoms with Crippen LogP contribution in [-0.2, 0) is 6.54 Å². The van der Waals surface area contributed by atoms with E-state index in [1.54, 1.807) is 0 Å². The number of hydrogen-bond donors (Lipinski definition) is 1. The summed E-state index contributed by atoms with van der Waals surface area (Å²) in [5.74, 6) is 0.981. The van der Waals surface area contributed by atoms with Gasteiger partial charge in [0.15, 0.2) is 0 Å². The first-order chi connectivity index (χ1) is 9.33. The topological polar surface area (TPSA) is 28.2 Å². The van der Waals surface area contributed by atoms with Gasteiger partial charge in [0.25, 0.3) is 0 Å². The SMILES string of the molecule is CCNc1ccc(CN2CCCCCC2CC)cn1. The van der Waals surface area contributed by atoms with Gasteiger partial charge >= 0.3 is 0 Å². The number of nitrogens with zero attached hydrogens (tertiary/aromatic N) is 2. The van der Waals surface area contributed by atoms with Crippen LogP contribution in [0.15, 0.2) is 18.3 Å². The van der Waals surface area contributed by atoms with Crippen LogP contribution in [0, 0.1) is 0 Å². The molecule has 0 radical (unpaired) electrons. The molecule has 3 heteroatoms. The molecule has 1 atom stereocenters. The number of anilines is 1. The van der Waals surface area contributed by atoms with Crippen molar-refractivity contribution in [1.82, 2.24) is 9.88 Å². The van der Waals surface area contributed by atoms with E-state index in [0.29, 0.717) is 0 Å². The fraction of sp³-hybridized carbons (Fsp3) is 0.688. The van der Waals surface area contributed by atoms with Crippen molar-refractivity contribution >= 4 is 5.82 Å². The van der Waals surface area contributed by atoms with Gasteiger partial charge in [-0.3, -0.25) is 4.90 Å². The molecule has 2 rings (SSSR count). The van der Waals surface area contributed by atoms with Crippen LogP contribution in [0.5, 0.6) is 0 Å². The Hall–Kier alpha value is -1.09. The molecule has 1 saturated heterocycles. The fourth-order valence-electron chi connectivity index (χ4n) is 2.95. The molecule has 0 bridgehead atoms. The van der Waals surface area contributed by atoms with E-state index in [0.717, 1.165) is 24.9 Å². The lowest BCUT2D eigenvalue weighted by molar-refractivity contribution is 0.186. The van der Waals surface area contributed by atoms with E-state index in [1.165, 1.54) is 44.2 Å². The Balaban J connectivity index is 1.97. The van der Waals surface area contributed by atoms with Crippen LogP contribution < -0.4 is 5.32 Å². The summed E-state index contributed by atoms with van der Waals surface area (Å²) in [4.78, 5) is 7.12. The molecule has 1 aromatic heterocycles. The van der Waals surface area contributed by atoms with Gasteiger partial charge in [-0.1, -0.05) is 25.8 Å². The predicted molar refractivity (Wildman–Crippen MR) is 81.4 cm³/mol. The lowest BCUT2D eigenvalue weighted by atomic mass is 10.1. The summed E-state index contributed by atoms with van der Waals surface area (Å²) in [7, 11) is 0. The first-order valence-electron chi connectivity index (χ1n) is 7.76. The predicted octanol–water partition coefficient (Wildman–Crippen LogP) is 3.67. The van der Waals surface area contributed by atoms with Crippen molar-refractivity contribution in [1.29, 1.82) is 0 Å². The van der Waals surface area contributed by atoms with E-state index >= 15 is 0 Å². The van der Waals surface area contributed by atoms with E-state index in [4.69, 9.17) is 0 Å². The van der Waals surface area contributed by atoms with Crippen LogP contribution in [0.4, 0.5) is 5.82 Å². The molecule has 106 valence electrons. The molecule has 3 nitrogen and oxygen atoms in total. The summed E-state index contributed by atoms with van der Waals surface area (Å²) in [5, 5.41) is 3.24. The first-order valence-corrected chi connectivity index (χ1v) is 7.76. The first kappa shape index (κ1) is 14.3. The Morgan fingerprint density at radius 2 is 2.16 bits per heavy atom. The molecule has 0 amide bonds. The highest BCUT2D eigenvalue weighted by atomic mass is 15.2. The van der Waals surface area contributed by atoms with Crippen LogP contribution in [-0.4, -0.2) is 29.0 Å². The van der Waals surface area contributed by atoms with Crippen LogP contribution in [0.3, 0.4) is 0 Å². The molecule has 1 aliphatic heterocycles. The van der Waals surface area contributed by atoms with E-state index in [-0.39, 0.29) is 0 Å². The molecule has 1 N–H and O–H groups in total. The van der Waals surface area contributed by atoms with Crippen molar-refractivity contribution in [3.05, 3.63) is 23.9 Å². The van der Waals surface area contributed by atoms with Crippen LogP contribution in [0.1, 0.15) is 51.5 Å². The maximum atomic E-state index is 4.47. The highest BCUT2D eigenvalue weighted by Gasteiger charge is 2.19. The lowest BCUT2D eigenvalue weighted by Crippen LogP contribution is -2.33. The largest absolute Gasteiger partial charge is 0.370 e. The highest BCUT2D eigenvalue weighted by Crippen LogP contribution is 2.21. The third-order valence-electron chi connectivity index (χ3n) is 4.04. The maximum Gasteiger partial charge on any atom is 0.125 e. The van der Waals surface area contributed by atoms with Gasteiger partial charge in [0.1, 0.15) is 5.82 Å². The van der Waals surface area contributed by atoms with E-state index < -0.39 is 0 Å². The summed E-state index contributed by atoms with van der Waals surface area (Å²) in [5.41, 5.74) is 1.34. The number of rotatable bonds is 5. The van der Waals surface area contributed by atoms with Crippen LogP contribution in [0.25, 0.3) is 0 Å². The highest BCUT2D eigenvalue weighted by molar-refractivity contribution is 5.35. The van der Waals surface area contributed by atoms with E-state index in [2.05, 4.69) is 41.2 Å². The van der Waals surface area contributed by atoms with Crippen molar-refractivity contribution in [3.8, 4) is 0 Å². The van der Waals surface area contributed by atoms with Crippen LogP contribution >= 0.6 is 0 Å². The second-order valence-corrected chi connectivity index (χ2v) is 5.46. The lowest BCUT2D eigenvalue weighted by Gasteiger charge is -2.29. The number of aromatic nitrogens is 1. The van der Waals surface area contributed by atoms with E-state index in [9.17, 15) is 0 Å². The zero-order chi connectivity index (χ0) is 13.5. The fourth-order valence-corrected chi connectivity index (χ4v) is 2.95. The molecular weight excluding hydrogens is 234 g/mol. The van der Waals surface area contributed by atoms with Crippen molar-refractivity contribution in [2.75, 3.05) is 18.4 Å². The van der Waals surface area contributed by atoms with Crippen molar-refractivity contribution < 1.29 is 0 Å². The third-order valence-corrected chi connectivity index (χ3v) is 4.04. The molecule has 1 aliphatic rings.